The summed E-state index contributed by atoms with van der Waals surface area (Å²) in [5.74, 6) is -0.453. The molecule has 0 unspecified atom stereocenters. The number of hydrazine groups is 1. The first-order valence-corrected chi connectivity index (χ1v) is 7.01. The van der Waals surface area contributed by atoms with Gasteiger partial charge in [-0.2, -0.15) is 0 Å². The van der Waals surface area contributed by atoms with Crippen LogP contribution in [-0.4, -0.2) is 33.9 Å². The lowest BCUT2D eigenvalue weighted by Crippen LogP contribution is -2.58. The molecule has 0 heterocycles. The van der Waals surface area contributed by atoms with E-state index in [9.17, 15) is 9.59 Å². The summed E-state index contributed by atoms with van der Waals surface area (Å²) >= 11 is 0. The van der Waals surface area contributed by atoms with E-state index in [0.717, 1.165) is 12.8 Å². The van der Waals surface area contributed by atoms with Crippen LogP contribution in [0, 0.1) is 0 Å². The predicted octanol–water partition coefficient (Wildman–Crippen LogP) is 3.31. The molecule has 4 nitrogen and oxygen atoms in total. The molecule has 0 spiro atoms. The highest BCUT2D eigenvalue weighted by Crippen LogP contribution is 2.21. The first-order valence-electron chi connectivity index (χ1n) is 7.01. The maximum Gasteiger partial charge on any atom is 0.268 e. The summed E-state index contributed by atoms with van der Waals surface area (Å²) in [6, 6.07) is 0. The average molecular weight is 280 g/mol. The van der Waals surface area contributed by atoms with Gasteiger partial charge in [0.15, 0.2) is 0 Å². The van der Waals surface area contributed by atoms with Crippen molar-refractivity contribution in [1.29, 1.82) is 0 Å². The zero-order valence-corrected chi connectivity index (χ0v) is 13.7. The smallest absolute Gasteiger partial charge is 0.268 e. The number of carbonyl (C=O) groups is 2. The second-order valence-electron chi connectivity index (χ2n) is 6.13. The molecule has 0 aromatic carbocycles. The molecule has 0 aromatic heterocycles. The molecule has 0 fully saturated rings. The molecule has 0 atom stereocenters. The second-order valence-corrected chi connectivity index (χ2v) is 6.13. The molecule has 0 saturated heterocycles. The van der Waals surface area contributed by atoms with Gasteiger partial charge in [0.2, 0.25) is 0 Å². The van der Waals surface area contributed by atoms with Crippen LogP contribution in [0.4, 0.5) is 0 Å². The number of unbranched alkanes of at least 4 members (excludes halogenated alkanes) is 1. The summed E-state index contributed by atoms with van der Waals surface area (Å²) in [5.41, 5.74) is 0.329. The van der Waals surface area contributed by atoms with Crippen molar-refractivity contribution in [3.05, 3.63) is 24.3 Å². The van der Waals surface area contributed by atoms with E-state index in [4.69, 9.17) is 0 Å². The van der Waals surface area contributed by atoms with Crippen LogP contribution in [0.1, 0.15) is 54.4 Å². The Balaban J connectivity index is 5.62. The number of hydrogen-bond acceptors (Lipinski definition) is 2. The third-order valence-corrected chi connectivity index (χ3v) is 2.76. The van der Waals surface area contributed by atoms with E-state index in [-0.39, 0.29) is 11.8 Å². The van der Waals surface area contributed by atoms with Gasteiger partial charge < -0.3 is 0 Å². The summed E-state index contributed by atoms with van der Waals surface area (Å²) in [4.78, 5) is 24.8. The molecular weight excluding hydrogens is 252 g/mol. The van der Waals surface area contributed by atoms with Crippen LogP contribution in [0.25, 0.3) is 0 Å². The van der Waals surface area contributed by atoms with Crippen molar-refractivity contribution in [2.24, 2.45) is 0 Å². The van der Waals surface area contributed by atoms with Crippen LogP contribution in [0.5, 0.6) is 0 Å². The van der Waals surface area contributed by atoms with Crippen LogP contribution in [0.2, 0.25) is 0 Å². The fourth-order valence-corrected chi connectivity index (χ4v) is 1.78. The highest BCUT2D eigenvalue weighted by molar-refractivity contribution is 5.97. The van der Waals surface area contributed by atoms with Crippen molar-refractivity contribution in [2.75, 3.05) is 6.54 Å². The Kier molecular flexibility index (Phi) is 6.69. The van der Waals surface area contributed by atoms with Crippen molar-refractivity contribution in [1.82, 2.24) is 10.0 Å². The lowest BCUT2D eigenvalue weighted by molar-refractivity contribution is -0.170. The zero-order valence-electron chi connectivity index (χ0n) is 13.7. The minimum absolute atomic E-state index is 0.219. The summed E-state index contributed by atoms with van der Waals surface area (Å²) < 4.78 is 0. The van der Waals surface area contributed by atoms with Gasteiger partial charge in [-0.25, -0.2) is 10.0 Å². The third-order valence-electron chi connectivity index (χ3n) is 2.76. The molecule has 0 bridgehead atoms. The van der Waals surface area contributed by atoms with Gasteiger partial charge in [0, 0.05) is 17.7 Å². The van der Waals surface area contributed by atoms with Crippen LogP contribution in [-0.2, 0) is 9.59 Å². The lowest BCUT2D eigenvalue weighted by atomic mass is 10.1. The normalized spacial score (nSPS) is 10.9. The Labute approximate surface area is 123 Å². The van der Waals surface area contributed by atoms with E-state index < -0.39 is 5.54 Å². The SMILES string of the molecule is C=C(C)C(=O)N(CCCC)N(C(=O)C(=C)C)C(C)(C)C. The Bertz CT molecular complexity index is 405. The standard InChI is InChI=1S/C16H28N2O2/c1-9-10-11-17(14(19)12(2)3)18(16(6,7)8)15(20)13(4)5/h2,4,9-11H2,1,3,5-8H3. The van der Waals surface area contributed by atoms with E-state index in [1.54, 1.807) is 13.8 Å². The van der Waals surface area contributed by atoms with Gasteiger partial charge in [0.05, 0.1) is 5.54 Å². The van der Waals surface area contributed by atoms with Gasteiger partial charge in [-0.1, -0.05) is 26.5 Å². The van der Waals surface area contributed by atoms with Gasteiger partial charge in [0.1, 0.15) is 0 Å². The van der Waals surface area contributed by atoms with Crippen LogP contribution < -0.4 is 0 Å². The molecule has 0 aliphatic heterocycles. The van der Waals surface area contributed by atoms with E-state index in [2.05, 4.69) is 13.2 Å². The molecule has 20 heavy (non-hydrogen) atoms. The van der Waals surface area contributed by atoms with E-state index in [1.165, 1.54) is 10.0 Å². The molecular formula is C16H28N2O2. The van der Waals surface area contributed by atoms with Gasteiger partial charge in [0.25, 0.3) is 11.8 Å². The van der Waals surface area contributed by atoms with Crippen molar-refractivity contribution >= 4 is 11.8 Å². The fourth-order valence-electron chi connectivity index (χ4n) is 1.78. The average Bonchev–Trinajstić information content (AvgIpc) is 2.30. The Morgan fingerprint density at radius 1 is 1.00 bits per heavy atom. The summed E-state index contributed by atoms with van der Waals surface area (Å²) in [7, 11) is 0. The Hall–Kier alpha value is -1.58. The number of amides is 2. The lowest BCUT2D eigenvalue weighted by Gasteiger charge is -2.43. The number of hydrogen-bond donors (Lipinski definition) is 0. The van der Waals surface area contributed by atoms with Crippen molar-refractivity contribution in [3.63, 3.8) is 0 Å². The number of nitrogens with zero attached hydrogens (tertiary/aromatic N) is 2. The van der Waals surface area contributed by atoms with Gasteiger partial charge in [-0.05, 0) is 41.0 Å². The maximum atomic E-state index is 12.4. The summed E-state index contributed by atoms with van der Waals surface area (Å²) in [6.07, 6.45) is 1.77. The Morgan fingerprint density at radius 3 is 1.75 bits per heavy atom. The highest BCUT2D eigenvalue weighted by Gasteiger charge is 2.34. The highest BCUT2D eigenvalue weighted by atomic mass is 16.2. The molecule has 0 N–H and O–H groups in total. The molecule has 0 aromatic rings. The molecule has 0 aliphatic carbocycles. The van der Waals surface area contributed by atoms with Gasteiger partial charge in [-0.15, -0.1) is 0 Å². The molecule has 0 saturated carbocycles. The zero-order chi connectivity index (χ0) is 16.1. The molecule has 114 valence electrons. The van der Waals surface area contributed by atoms with E-state index in [1.807, 2.05) is 27.7 Å². The quantitative estimate of drug-likeness (QED) is 0.572. The van der Waals surface area contributed by atoms with Crippen LogP contribution in [0.3, 0.4) is 0 Å². The summed E-state index contributed by atoms with van der Waals surface area (Å²) in [6.45, 7) is 19.0. The molecule has 0 radical (unpaired) electrons. The molecule has 2 amide bonds. The van der Waals surface area contributed by atoms with Crippen molar-refractivity contribution < 1.29 is 9.59 Å². The van der Waals surface area contributed by atoms with Crippen LogP contribution >= 0.6 is 0 Å². The van der Waals surface area contributed by atoms with Gasteiger partial charge >= 0.3 is 0 Å². The number of rotatable bonds is 5. The van der Waals surface area contributed by atoms with Crippen molar-refractivity contribution in [3.8, 4) is 0 Å². The van der Waals surface area contributed by atoms with E-state index in [0.29, 0.717) is 17.7 Å². The van der Waals surface area contributed by atoms with Gasteiger partial charge in [-0.3, -0.25) is 9.59 Å². The predicted molar refractivity (Wildman–Crippen MR) is 82.8 cm³/mol. The first kappa shape index (κ1) is 18.4. The summed E-state index contributed by atoms with van der Waals surface area (Å²) in [5, 5.41) is 3.00. The second kappa shape index (κ2) is 7.27. The molecule has 0 aliphatic rings. The number of carbonyl (C=O) groups excluding carboxylic acids is 2. The minimum Gasteiger partial charge on any atom is -0.268 e. The minimum atomic E-state index is -0.505. The topological polar surface area (TPSA) is 40.6 Å². The van der Waals surface area contributed by atoms with Crippen LogP contribution in [0.15, 0.2) is 24.3 Å². The van der Waals surface area contributed by atoms with Crippen molar-refractivity contribution in [2.45, 2.75) is 59.9 Å². The molecule has 0 rings (SSSR count). The maximum absolute atomic E-state index is 12.4. The monoisotopic (exact) mass is 280 g/mol. The first-order chi connectivity index (χ1) is 9.03. The molecule has 4 heteroatoms. The third kappa shape index (κ3) is 4.83. The Morgan fingerprint density at radius 2 is 1.45 bits per heavy atom. The largest absolute Gasteiger partial charge is 0.268 e. The fraction of sp³-hybridized carbons (Fsp3) is 0.625. The van der Waals surface area contributed by atoms with E-state index >= 15 is 0 Å².